The van der Waals surface area contributed by atoms with Crippen LogP contribution in [0.2, 0.25) is 0 Å². The average Bonchev–Trinajstić information content (AvgIpc) is 2.50. The number of ketones is 1. The molecule has 0 aromatic heterocycles. The van der Waals surface area contributed by atoms with Crippen LogP contribution in [0, 0.1) is 0 Å². The Morgan fingerprint density at radius 2 is 1.72 bits per heavy atom. The summed E-state index contributed by atoms with van der Waals surface area (Å²) in [5, 5.41) is 3.45. The molecule has 0 saturated heterocycles. The fourth-order valence-corrected chi connectivity index (χ4v) is 3.42. The van der Waals surface area contributed by atoms with E-state index in [1.54, 1.807) is 0 Å². The zero-order valence-corrected chi connectivity index (χ0v) is 11.3. The van der Waals surface area contributed by atoms with Crippen molar-refractivity contribution in [3.8, 4) is 0 Å². The summed E-state index contributed by atoms with van der Waals surface area (Å²) in [6.07, 6.45) is 3.54. The molecular weight excluding hydrogens is 222 g/mol. The Morgan fingerprint density at radius 1 is 1.06 bits per heavy atom. The number of benzene rings is 1. The highest BCUT2D eigenvalue weighted by molar-refractivity contribution is 5.85. The van der Waals surface area contributed by atoms with Gasteiger partial charge in [0.1, 0.15) is 5.78 Å². The van der Waals surface area contributed by atoms with E-state index in [9.17, 15) is 4.79 Å². The third kappa shape index (κ3) is 1.99. The fraction of sp³-hybridized carbons (Fsp3) is 0.562. The van der Waals surface area contributed by atoms with Crippen molar-refractivity contribution in [2.24, 2.45) is 0 Å². The van der Waals surface area contributed by atoms with Crippen LogP contribution >= 0.6 is 0 Å². The molecule has 0 unspecified atom stereocenters. The highest BCUT2D eigenvalue weighted by Crippen LogP contribution is 2.37. The van der Waals surface area contributed by atoms with E-state index in [4.69, 9.17) is 0 Å². The van der Waals surface area contributed by atoms with Crippen LogP contribution < -0.4 is 5.32 Å². The summed E-state index contributed by atoms with van der Waals surface area (Å²) in [6, 6.07) is 4.68. The molecule has 1 aromatic rings. The molecule has 0 fully saturated rings. The lowest BCUT2D eigenvalue weighted by molar-refractivity contribution is -0.120. The van der Waals surface area contributed by atoms with Crippen molar-refractivity contribution in [3.63, 3.8) is 0 Å². The van der Waals surface area contributed by atoms with Crippen LogP contribution in [0.1, 0.15) is 42.5 Å². The van der Waals surface area contributed by atoms with Gasteiger partial charge in [-0.3, -0.25) is 4.79 Å². The summed E-state index contributed by atoms with van der Waals surface area (Å²) in [4.78, 5) is 11.9. The van der Waals surface area contributed by atoms with Gasteiger partial charge in [0, 0.05) is 12.8 Å². The molecule has 1 aliphatic heterocycles. The summed E-state index contributed by atoms with van der Waals surface area (Å²) in [5.41, 5.74) is 5.63. The van der Waals surface area contributed by atoms with Crippen molar-refractivity contribution < 1.29 is 4.79 Å². The zero-order chi connectivity index (χ0) is 12.8. The van der Waals surface area contributed by atoms with Crippen LogP contribution in [0.15, 0.2) is 12.1 Å². The second kappa shape index (κ2) is 4.20. The average molecular weight is 243 g/mol. The summed E-state index contributed by atoms with van der Waals surface area (Å²) < 4.78 is 0. The molecule has 1 aromatic carbocycles. The molecule has 96 valence electrons. The third-order valence-corrected chi connectivity index (χ3v) is 4.32. The fourth-order valence-electron chi connectivity index (χ4n) is 3.42. The highest BCUT2D eigenvalue weighted by atomic mass is 16.1. The van der Waals surface area contributed by atoms with Gasteiger partial charge in [0.2, 0.25) is 0 Å². The Labute approximate surface area is 109 Å². The van der Waals surface area contributed by atoms with Crippen LogP contribution in [0.4, 0.5) is 0 Å². The van der Waals surface area contributed by atoms with E-state index in [1.165, 1.54) is 22.3 Å². The number of hydrogen-bond donors (Lipinski definition) is 1. The second-order valence-corrected chi connectivity index (χ2v) is 6.30. The number of nitrogens with one attached hydrogen (secondary N) is 1. The Balaban J connectivity index is 2.12. The molecule has 0 atom stereocenters. The molecule has 0 bridgehead atoms. The van der Waals surface area contributed by atoms with Gasteiger partial charge >= 0.3 is 0 Å². The predicted molar refractivity (Wildman–Crippen MR) is 73.1 cm³/mol. The standard InChI is InChI=1S/C16H21NO/c1-16(2)10-14(18)8-13-7-11-3-5-17-6-4-12(11)9-15(13)16/h7,9,17H,3-6,8,10H2,1-2H3. The minimum absolute atomic E-state index is 0.0133. The minimum Gasteiger partial charge on any atom is -0.316 e. The monoisotopic (exact) mass is 243 g/mol. The summed E-state index contributed by atoms with van der Waals surface area (Å²) in [5.74, 6) is 0.388. The van der Waals surface area contributed by atoms with E-state index < -0.39 is 0 Å². The number of rotatable bonds is 0. The molecule has 1 aliphatic carbocycles. The van der Waals surface area contributed by atoms with Gasteiger partial charge < -0.3 is 5.32 Å². The normalized spacial score (nSPS) is 22.0. The van der Waals surface area contributed by atoms with Crippen LogP contribution in [0.3, 0.4) is 0 Å². The van der Waals surface area contributed by atoms with Crippen LogP contribution in [0.25, 0.3) is 0 Å². The molecule has 2 aliphatic rings. The molecular formula is C16H21NO. The van der Waals surface area contributed by atoms with Gasteiger partial charge in [-0.1, -0.05) is 26.0 Å². The maximum atomic E-state index is 11.9. The van der Waals surface area contributed by atoms with Crippen molar-refractivity contribution in [3.05, 3.63) is 34.4 Å². The Kier molecular flexibility index (Phi) is 2.78. The lowest BCUT2D eigenvalue weighted by atomic mass is 9.71. The van der Waals surface area contributed by atoms with Gasteiger partial charge in [-0.25, -0.2) is 0 Å². The largest absolute Gasteiger partial charge is 0.316 e. The van der Waals surface area contributed by atoms with Crippen LogP contribution in [-0.2, 0) is 29.5 Å². The third-order valence-electron chi connectivity index (χ3n) is 4.32. The van der Waals surface area contributed by atoms with Gasteiger partial charge in [0.05, 0.1) is 0 Å². The van der Waals surface area contributed by atoms with E-state index in [0.29, 0.717) is 18.6 Å². The van der Waals surface area contributed by atoms with Gasteiger partial charge in [-0.05, 0) is 53.6 Å². The zero-order valence-electron chi connectivity index (χ0n) is 11.3. The maximum Gasteiger partial charge on any atom is 0.138 e. The lowest BCUT2D eigenvalue weighted by Crippen LogP contribution is -2.30. The number of hydrogen-bond acceptors (Lipinski definition) is 2. The molecule has 0 amide bonds. The van der Waals surface area contributed by atoms with E-state index in [0.717, 1.165) is 25.9 Å². The quantitative estimate of drug-likeness (QED) is 0.756. The maximum absolute atomic E-state index is 11.9. The number of carbonyl (C=O) groups excluding carboxylic acids is 1. The van der Waals surface area contributed by atoms with Crippen LogP contribution in [0.5, 0.6) is 0 Å². The Morgan fingerprint density at radius 3 is 2.44 bits per heavy atom. The second-order valence-electron chi connectivity index (χ2n) is 6.30. The smallest absolute Gasteiger partial charge is 0.138 e. The molecule has 2 nitrogen and oxygen atoms in total. The first-order chi connectivity index (χ1) is 8.56. The molecule has 1 heterocycles. The first-order valence-electron chi connectivity index (χ1n) is 6.94. The molecule has 18 heavy (non-hydrogen) atoms. The number of carbonyl (C=O) groups is 1. The summed E-state index contributed by atoms with van der Waals surface area (Å²) in [7, 11) is 0. The van der Waals surface area contributed by atoms with Gasteiger partial charge in [-0.2, -0.15) is 0 Å². The first kappa shape index (κ1) is 11.9. The number of Topliss-reactive ketones (excluding diaryl/α,β-unsaturated/α-hetero) is 1. The molecule has 2 heteroatoms. The SMILES string of the molecule is CC1(C)CC(=O)Cc2cc3c(cc21)CCNCC3. The van der Waals surface area contributed by atoms with Crippen molar-refractivity contribution in [2.75, 3.05) is 13.1 Å². The van der Waals surface area contributed by atoms with E-state index >= 15 is 0 Å². The van der Waals surface area contributed by atoms with Crippen molar-refractivity contribution in [1.29, 1.82) is 0 Å². The van der Waals surface area contributed by atoms with Crippen molar-refractivity contribution >= 4 is 5.78 Å². The molecule has 0 radical (unpaired) electrons. The Bertz CT molecular complexity index is 502. The van der Waals surface area contributed by atoms with E-state index in [1.807, 2.05) is 0 Å². The lowest BCUT2D eigenvalue weighted by Gasteiger charge is -2.32. The van der Waals surface area contributed by atoms with Gasteiger partial charge in [0.25, 0.3) is 0 Å². The van der Waals surface area contributed by atoms with E-state index in [2.05, 4.69) is 31.3 Å². The molecule has 1 N–H and O–H groups in total. The highest BCUT2D eigenvalue weighted by Gasteiger charge is 2.32. The Hall–Kier alpha value is -1.15. The van der Waals surface area contributed by atoms with Gasteiger partial charge in [0.15, 0.2) is 0 Å². The molecule has 3 rings (SSSR count). The summed E-state index contributed by atoms with van der Waals surface area (Å²) >= 11 is 0. The summed E-state index contributed by atoms with van der Waals surface area (Å²) in [6.45, 7) is 6.53. The van der Waals surface area contributed by atoms with E-state index in [-0.39, 0.29) is 5.41 Å². The minimum atomic E-state index is 0.0133. The number of fused-ring (bicyclic) bond motifs is 2. The molecule has 0 saturated carbocycles. The van der Waals surface area contributed by atoms with Gasteiger partial charge in [-0.15, -0.1) is 0 Å². The van der Waals surface area contributed by atoms with Crippen molar-refractivity contribution in [1.82, 2.24) is 5.32 Å². The predicted octanol–water partition coefficient (Wildman–Crippen LogP) is 2.17. The first-order valence-corrected chi connectivity index (χ1v) is 6.94. The topological polar surface area (TPSA) is 29.1 Å². The van der Waals surface area contributed by atoms with Crippen LogP contribution in [-0.4, -0.2) is 18.9 Å². The van der Waals surface area contributed by atoms with Crippen molar-refractivity contribution in [2.45, 2.75) is 44.9 Å². The molecule has 0 spiro atoms.